The summed E-state index contributed by atoms with van der Waals surface area (Å²) in [6.45, 7) is 2.02. The molecule has 1 aromatic carbocycles. The van der Waals surface area contributed by atoms with E-state index in [0.717, 1.165) is 12.1 Å². The number of alkyl halides is 3. The maximum Gasteiger partial charge on any atom is 0.416 e. The molecule has 2 N–H and O–H groups in total. The highest BCUT2D eigenvalue weighted by atomic mass is 19.4. The molecule has 1 heterocycles. The van der Waals surface area contributed by atoms with Gasteiger partial charge in [-0.25, -0.2) is 0 Å². The second-order valence-corrected chi connectivity index (χ2v) is 5.11. The molecule has 0 unspecified atom stereocenters. The van der Waals surface area contributed by atoms with E-state index >= 15 is 0 Å². The molecule has 0 fully saturated rings. The van der Waals surface area contributed by atoms with Gasteiger partial charge in [-0.15, -0.1) is 0 Å². The van der Waals surface area contributed by atoms with E-state index in [1.807, 2.05) is 0 Å². The van der Waals surface area contributed by atoms with Gasteiger partial charge in [0.1, 0.15) is 0 Å². The molecule has 0 bridgehead atoms. The van der Waals surface area contributed by atoms with Crippen LogP contribution in [0.5, 0.6) is 0 Å². The van der Waals surface area contributed by atoms with Crippen LogP contribution >= 0.6 is 0 Å². The maximum absolute atomic E-state index is 12.6. The number of nitrogens with zero attached hydrogens (tertiary/aromatic N) is 1. The van der Waals surface area contributed by atoms with Crippen molar-refractivity contribution in [3.05, 3.63) is 47.7 Å². The molecule has 0 radical (unpaired) electrons. The van der Waals surface area contributed by atoms with Gasteiger partial charge in [0, 0.05) is 12.0 Å². The number of halogens is 3. The van der Waals surface area contributed by atoms with E-state index in [9.17, 15) is 18.0 Å². The SMILES string of the molecule is CCOC(=O)CCc1nc(-c2ccc(C(F)(F)F)cc2)ccc1N. The van der Waals surface area contributed by atoms with Crippen molar-refractivity contribution < 1.29 is 22.7 Å². The molecule has 0 atom stereocenters. The largest absolute Gasteiger partial charge is 0.466 e. The number of hydrogen-bond acceptors (Lipinski definition) is 4. The number of anilines is 1. The van der Waals surface area contributed by atoms with Crippen molar-refractivity contribution in [2.45, 2.75) is 25.9 Å². The minimum Gasteiger partial charge on any atom is -0.466 e. The number of rotatable bonds is 5. The predicted octanol–water partition coefficient (Wildman–Crippen LogP) is 3.85. The molecule has 4 nitrogen and oxygen atoms in total. The van der Waals surface area contributed by atoms with Gasteiger partial charge in [-0.1, -0.05) is 12.1 Å². The zero-order valence-corrected chi connectivity index (χ0v) is 13.1. The van der Waals surface area contributed by atoms with Crippen molar-refractivity contribution in [1.82, 2.24) is 4.98 Å². The van der Waals surface area contributed by atoms with Crippen LogP contribution in [0.4, 0.5) is 18.9 Å². The van der Waals surface area contributed by atoms with E-state index < -0.39 is 11.7 Å². The van der Waals surface area contributed by atoms with E-state index in [0.29, 0.717) is 35.7 Å². The second-order valence-electron chi connectivity index (χ2n) is 5.11. The Labute approximate surface area is 137 Å². The molecule has 0 aliphatic heterocycles. The standard InChI is InChI=1S/C17H17F3N2O2/c1-2-24-16(23)10-9-15-13(21)7-8-14(22-15)11-3-5-12(6-4-11)17(18,19)20/h3-8H,2,9-10,21H2,1H3. The zero-order chi connectivity index (χ0) is 17.7. The molecular weight excluding hydrogens is 321 g/mol. The Kier molecular flexibility index (Phi) is 5.43. The first-order valence-corrected chi connectivity index (χ1v) is 7.40. The summed E-state index contributed by atoms with van der Waals surface area (Å²) in [4.78, 5) is 15.8. The summed E-state index contributed by atoms with van der Waals surface area (Å²) < 4.78 is 42.7. The summed E-state index contributed by atoms with van der Waals surface area (Å²) in [6, 6.07) is 7.98. The minimum atomic E-state index is -4.38. The average molecular weight is 338 g/mol. The monoisotopic (exact) mass is 338 g/mol. The van der Waals surface area contributed by atoms with Crippen molar-refractivity contribution in [1.29, 1.82) is 0 Å². The first-order chi connectivity index (χ1) is 11.3. The van der Waals surface area contributed by atoms with Crippen molar-refractivity contribution in [2.24, 2.45) is 0 Å². The molecule has 7 heteroatoms. The van der Waals surface area contributed by atoms with E-state index in [-0.39, 0.29) is 12.4 Å². The fourth-order valence-corrected chi connectivity index (χ4v) is 2.16. The van der Waals surface area contributed by atoms with Crippen LogP contribution in [0.2, 0.25) is 0 Å². The van der Waals surface area contributed by atoms with Crippen LogP contribution < -0.4 is 5.73 Å². The molecule has 2 rings (SSSR count). The maximum atomic E-state index is 12.6. The van der Waals surface area contributed by atoms with Gasteiger partial charge in [0.2, 0.25) is 0 Å². The molecule has 1 aromatic heterocycles. The van der Waals surface area contributed by atoms with Gasteiger partial charge in [0.25, 0.3) is 0 Å². The van der Waals surface area contributed by atoms with E-state index in [4.69, 9.17) is 10.5 Å². The summed E-state index contributed by atoms with van der Waals surface area (Å²) in [5.74, 6) is -0.348. The van der Waals surface area contributed by atoms with Crippen LogP contribution in [0.3, 0.4) is 0 Å². The van der Waals surface area contributed by atoms with Gasteiger partial charge < -0.3 is 10.5 Å². The summed E-state index contributed by atoms with van der Waals surface area (Å²) in [5.41, 5.74) is 7.11. The fraction of sp³-hybridized carbons (Fsp3) is 0.294. The van der Waals surface area contributed by atoms with Gasteiger partial charge in [0.05, 0.1) is 35.7 Å². The summed E-state index contributed by atoms with van der Waals surface area (Å²) in [5, 5.41) is 0. The van der Waals surface area contributed by atoms with E-state index in [2.05, 4.69) is 4.98 Å². The number of carbonyl (C=O) groups is 1. The number of carbonyl (C=O) groups excluding carboxylic acids is 1. The van der Waals surface area contributed by atoms with Crippen molar-refractivity contribution in [2.75, 3.05) is 12.3 Å². The topological polar surface area (TPSA) is 65.2 Å². The Morgan fingerprint density at radius 3 is 2.42 bits per heavy atom. The first-order valence-electron chi connectivity index (χ1n) is 7.40. The molecule has 0 saturated heterocycles. The number of pyridine rings is 1. The highest BCUT2D eigenvalue weighted by molar-refractivity contribution is 5.70. The van der Waals surface area contributed by atoms with Crippen molar-refractivity contribution in [3.63, 3.8) is 0 Å². The van der Waals surface area contributed by atoms with Crippen molar-refractivity contribution >= 4 is 11.7 Å². The third kappa shape index (κ3) is 4.47. The van der Waals surface area contributed by atoms with E-state index in [1.165, 1.54) is 12.1 Å². The molecular formula is C17H17F3N2O2. The van der Waals surface area contributed by atoms with Crippen LogP contribution in [0.25, 0.3) is 11.3 Å². The van der Waals surface area contributed by atoms with E-state index in [1.54, 1.807) is 19.1 Å². The van der Waals surface area contributed by atoms with Gasteiger partial charge in [0.15, 0.2) is 0 Å². The highest BCUT2D eigenvalue weighted by Gasteiger charge is 2.30. The van der Waals surface area contributed by atoms with Crippen LogP contribution in [0, 0.1) is 0 Å². The normalized spacial score (nSPS) is 11.3. The Balaban J connectivity index is 2.19. The first kappa shape index (κ1) is 17.8. The lowest BCUT2D eigenvalue weighted by atomic mass is 10.1. The second kappa shape index (κ2) is 7.33. The Hall–Kier alpha value is -2.57. The molecule has 2 aromatic rings. The number of aromatic nitrogens is 1. The van der Waals surface area contributed by atoms with Gasteiger partial charge in [-0.2, -0.15) is 13.2 Å². The van der Waals surface area contributed by atoms with Crippen molar-refractivity contribution in [3.8, 4) is 11.3 Å². The molecule has 0 aliphatic rings. The number of nitrogens with two attached hydrogens (primary N) is 1. The van der Waals surface area contributed by atoms with Crippen LogP contribution in [0.1, 0.15) is 24.6 Å². The lowest BCUT2D eigenvalue weighted by molar-refractivity contribution is -0.143. The Morgan fingerprint density at radius 1 is 1.17 bits per heavy atom. The molecule has 0 aliphatic carbocycles. The summed E-state index contributed by atoms with van der Waals surface area (Å²) in [7, 11) is 0. The van der Waals surface area contributed by atoms with Crippen LogP contribution in [-0.2, 0) is 22.1 Å². The third-order valence-corrected chi connectivity index (χ3v) is 3.39. The molecule has 0 spiro atoms. The van der Waals surface area contributed by atoms with Crippen LogP contribution in [0.15, 0.2) is 36.4 Å². The number of aryl methyl sites for hydroxylation is 1. The third-order valence-electron chi connectivity index (χ3n) is 3.39. The predicted molar refractivity (Wildman–Crippen MR) is 84.0 cm³/mol. The van der Waals surface area contributed by atoms with Gasteiger partial charge >= 0.3 is 12.1 Å². The molecule has 24 heavy (non-hydrogen) atoms. The molecule has 128 valence electrons. The minimum absolute atomic E-state index is 0.140. The lowest BCUT2D eigenvalue weighted by Crippen LogP contribution is -2.08. The number of esters is 1. The number of benzene rings is 1. The average Bonchev–Trinajstić information content (AvgIpc) is 2.54. The van der Waals surface area contributed by atoms with Crippen LogP contribution in [-0.4, -0.2) is 17.6 Å². The zero-order valence-electron chi connectivity index (χ0n) is 13.1. The van der Waals surface area contributed by atoms with Gasteiger partial charge in [-0.3, -0.25) is 9.78 Å². The number of hydrogen-bond donors (Lipinski definition) is 1. The fourth-order valence-electron chi connectivity index (χ4n) is 2.16. The summed E-state index contributed by atoms with van der Waals surface area (Å²) in [6.07, 6.45) is -3.93. The quantitative estimate of drug-likeness (QED) is 0.841. The molecule has 0 amide bonds. The lowest BCUT2D eigenvalue weighted by Gasteiger charge is -2.10. The number of nitrogen functional groups attached to an aromatic ring is 1. The summed E-state index contributed by atoms with van der Waals surface area (Å²) >= 11 is 0. The number of ether oxygens (including phenoxy) is 1. The van der Waals surface area contributed by atoms with Gasteiger partial charge in [-0.05, 0) is 31.2 Å². The molecule has 0 saturated carbocycles. The Morgan fingerprint density at radius 2 is 1.83 bits per heavy atom. The smallest absolute Gasteiger partial charge is 0.416 e. The highest BCUT2D eigenvalue weighted by Crippen LogP contribution is 2.31. The Bertz CT molecular complexity index is 713.